The van der Waals surface area contributed by atoms with E-state index in [4.69, 9.17) is 4.74 Å². The zero-order valence-corrected chi connectivity index (χ0v) is 11.9. The quantitative estimate of drug-likeness (QED) is 0.790. The van der Waals surface area contributed by atoms with Crippen LogP contribution in [0.15, 0.2) is 24.5 Å². The summed E-state index contributed by atoms with van der Waals surface area (Å²) < 4.78 is 5.39. The van der Waals surface area contributed by atoms with Crippen molar-refractivity contribution in [1.82, 2.24) is 9.97 Å². The molecular weight excluding hydrogens is 270 g/mol. The minimum absolute atomic E-state index is 0.0754. The number of fused-ring (bicyclic) bond motifs is 1. The summed E-state index contributed by atoms with van der Waals surface area (Å²) >= 11 is 0. The Balaban J connectivity index is 1.90. The Morgan fingerprint density at radius 2 is 2.05 bits per heavy atom. The van der Waals surface area contributed by atoms with E-state index in [0.29, 0.717) is 24.4 Å². The third kappa shape index (κ3) is 2.77. The highest BCUT2D eigenvalue weighted by Gasteiger charge is 2.28. The molecule has 3 atom stereocenters. The van der Waals surface area contributed by atoms with E-state index in [0.717, 1.165) is 17.3 Å². The lowest BCUT2D eigenvalue weighted by atomic mass is 9.90. The molecule has 1 saturated carbocycles. The molecule has 1 aromatic carbocycles. The van der Waals surface area contributed by atoms with Crippen molar-refractivity contribution in [3.8, 4) is 5.75 Å². The highest BCUT2D eigenvalue weighted by molar-refractivity contribution is 5.94. The fourth-order valence-corrected chi connectivity index (χ4v) is 2.81. The van der Waals surface area contributed by atoms with Crippen LogP contribution in [0.4, 0.5) is 5.82 Å². The highest BCUT2D eigenvalue weighted by atomic mass is 16.5. The summed E-state index contributed by atoms with van der Waals surface area (Å²) in [6.45, 7) is 0. The number of ether oxygens (including phenoxy) is 1. The average Bonchev–Trinajstić information content (AvgIpc) is 2.50. The number of nitrogens with zero attached hydrogens (tertiary/aromatic N) is 2. The molecule has 6 heteroatoms. The van der Waals surface area contributed by atoms with Gasteiger partial charge in [0.1, 0.15) is 17.9 Å². The van der Waals surface area contributed by atoms with Gasteiger partial charge in [-0.3, -0.25) is 0 Å². The van der Waals surface area contributed by atoms with Crippen molar-refractivity contribution in [2.45, 2.75) is 37.5 Å². The summed E-state index contributed by atoms with van der Waals surface area (Å²) in [5.74, 6) is 1.41. The molecule has 1 aliphatic rings. The predicted molar refractivity (Wildman–Crippen MR) is 79.4 cm³/mol. The van der Waals surface area contributed by atoms with Crippen LogP contribution in [0.25, 0.3) is 10.9 Å². The first-order valence-corrected chi connectivity index (χ1v) is 7.09. The number of aromatic nitrogens is 2. The van der Waals surface area contributed by atoms with Crippen molar-refractivity contribution >= 4 is 16.7 Å². The van der Waals surface area contributed by atoms with Gasteiger partial charge in [0.15, 0.2) is 0 Å². The summed E-state index contributed by atoms with van der Waals surface area (Å²) in [5.41, 5.74) is 0.809. The van der Waals surface area contributed by atoms with Gasteiger partial charge < -0.3 is 20.3 Å². The van der Waals surface area contributed by atoms with E-state index in [9.17, 15) is 10.2 Å². The van der Waals surface area contributed by atoms with Crippen LogP contribution in [0.1, 0.15) is 19.3 Å². The van der Waals surface area contributed by atoms with Gasteiger partial charge in [0, 0.05) is 6.04 Å². The summed E-state index contributed by atoms with van der Waals surface area (Å²) in [6, 6.07) is 5.74. The highest BCUT2D eigenvalue weighted by Crippen LogP contribution is 2.31. The molecule has 0 saturated heterocycles. The lowest BCUT2D eigenvalue weighted by molar-refractivity contribution is -0.0120. The van der Waals surface area contributed by atoms with Crippen LogP contribution in [0.5, 0.6) is 5.75 Å². The number of methoxy groups -OCH3 is 1. The van der Waals surface area contributed by atoms with Crippen molar-refractivity contribution in [2.75, 3.05) is 12.4 Å². The maximum Gasteiger partial charge on any atom is 0.141 e. The standard InChI is InChI=1S/C15H19N3O3/c1-21-13-4-2-3-10-14(13)15(17-8-16-10)18-9-5-6-11(19)12(20)7-9/h2-4,8-9,11-12,19-20H,5-7H2,1H3,(H,16,17,18)/t9?,11-,12+/m1/s1. The molecule has 1 aliphatic carbocycles. The first kappa shape index (κ1) is 14.0. The monoisotopic (exact) mass is 289 g/mol. The summed E-state index contributed by atoms with van der Waals surface area (Å²) in [5, 5.41) is 23.6. The first-order valence-electron chi connectivity index (χ1n) is 7.09. The molecule has 1 heterocycles. The van der Waals surface area contributed by atoms with Crippen molar-refractivity contribution < 1.29 is 14.9 Å². The molecule has 3 rings (SSSR count). The number of anilines is 1. The molecule has 2 aromatic rings. The van der Waals surface area contributed by atoms with Gasteiger partial charge >= 0.3 is 0 Å². The number of rotatable bonds is 3. The van der Waals surface area contributed by atoms with Gasteiger partial charge in [-0.15, -0.1) is 0 Å². The van der Waals surface area contributed by atoms with Crippen LogP contribution in [0, 0.1) is 0 Å². The molecule has 3 N–H and O–H groups in total. The van der Waals surface area contributed by atoms with E-state index in [1.54, 1.807) is 7.11 Å². The van der Waals surface area contributed by atoms with Crippen molar-refractivity contribution in [3.63, 3.8) is 0 Å². The van der Waals surface area contributed by atoms with Gasteiger partial charge in [-0.1, -0.05) is 6.07 Å². The van der Waals surface area contributed by atoms with Gasteiger partial charge in [0.25, 0.3) is 0 Å². The van der Waals surface area contributed by atoms with Gasteiger partial charge in [-0.05, 0) is 31.4 Å². The second-order valence-electron chi connectivity index (χ2n) is 5.37. The van der Waals surface area contributed by atoms with Crippen LogP contribution >= 0.6 is 0 Å². The number of benzene rings is 1. The molecule has 21 heavy (non-hydrogen) atoms. The molecule has 0 radical (unpaired) electrons. The Bertz CT molecular complexity index is 629. The van der Waals surface area contributed by atoms with Gasteiger partial charge in [-0.25, -0.2) is 9.97 Å². The predicted octanol–water partition coefficient (Wildman–Crippen LogP) is 1.32. The number of aliphatic hydroxyl groups excluding tert-OH is 2. The SMILES string of the molecule is COc1cccc2ncnc(NC3CC[C@@H](O)[C@@H](O)C3)c12. The van der Waals surface area contributed by atoms with Crippen LogP contribution in [0.2, 0.25) is 0 Å². The first-order chi connectivity index (χ1) is 10.2. The minimum Gasteiger partial charge on any atom is -0.496 e. The largest absolute Gasteiger partial charge is 0.496 e. The number of aliphatic hydroxyl groups is 2. The molecule has 0 amide bonds. The molecule has 1 fully saturated rings. The zero-order chi connectivity index (χ0) is 14.8. The fraction of sp³-hybridized carbons (Fsp3) is 0.467. The minimum atomic E-state index is -0.689. The normalized spacial score (nSPS) is 25.8. The lowest BCUT2D eigenvalue weighted by Gasteiger charge is -2.31. The van der Waals surface area contributed by atoms with Crippen LogP contribution in [-0.4, -0.2) is 45.5 Å². The third-order valence-corrected chi connectivity index (χ3v) is 3.97. The maximum absolute atomic E-state index is 9.79. The molecule has 0 spiro atoms. The van der Waals surface area contributed by atoms with Crippen LogP contribution in [-0.2, 0) is 0 Å². The molecule has 112 valence electrons. The fourth-order valence-electron chi connectivity index (χ4n) is 2.81. The van der Waals surface area contributed by atoms with Crippen molar-refractivity contribution in [3.05, 3.63) is 24.5 Å². The zero-order valence-electron chi connectivity index (χ0n) is 11.9. The van der Waals surface area contributed by atoms with E-state index in [1.807, 2.05) is 18.2 Å². The lowest BCUT2D eigenvalue weighted by Crippen LogP contribution is -2.39. The maximum atomic E-state index is 9.79. The van der Waals surface area contributed by atoms with Crippen LogP contribution in [0.3, 0.4) is 0 Å². The molecule has 0 bridgehead atoms. The molecule has 1 aromatic heterocycles. The van der Waals surface area contributed by atoms with E-state index in [1.165, 1.54) is 6.33 Å². The average molecular weight is 289 g/mol. The number of hydrogen-bond donors (Lipinski definition) is 3. The molecule has 6 nitrogen and oxygen atoms in total. The Kier molecular flexibility index (Phi) is 3.90. The van der Waals surface area contributed by atoms with E-state index < -0.39 is 12.2 Å². The van der Waals surface area contributed by atoms with E-state index in [-0.39, 0.29) is 6.04 Å². The summed E-state index contributed by atoms with van der Waals surface area (Å²) in [7, 11) is 1.62. The second kappa shape index (κ2) is 5.83. The van der Waals surface area contributed by atoms with Gasteiger partial charge in [0.05, 0.1) is 30.2 Å². The van der Waals surface area contributed by atoms with E-state index in [2.05, 4.69) is 15.3 Å². The Labute approximate surface area is 122 Å². The Morgan fingerprint density at radius 1 is 1.19 bits per heavy atom. The van der Waals surface area contributed by atoms with Crippen LogP contribution < -0.4 is 10.1 Å². The Morgan fingerprint density at radius 3 is 2.81 bits per heavy atom. The third-order valence-electron chi connectivity index (χ3n) is 3.97. The molecule has 0 aliphatic heterocycles. The molecular formula is C15H19N3O3. The number of hydrogen-bond acceptors (Lipinski definition) is 6. The number of nitrogens with one attached hydrogen (secondary N) is 1. The van der Waals surface area contributed by atoms with Gasteiger partial charge in [0.2, 0.25) is 0 Å². The van der Waals surface area contributed by atoms with Crippen molar-refractivity contribution in [1.29, 1.82) is 0 Å². The van der Waals surface area contributed by atoms with Crippen molar-refractivity contribution in [2.24, 2.45) is 0 Å². The Hall–Kier alpha value is -1.92. The smallest absolute Gasteiger partial charge is 0.141 e. The second-order valence-corrected chi connectivity index (χ2v) is 5.37. The summed E-state index contributed by atoms with van der Waals surface area (Å²) in [4.78, 5) is 8.56. The summed E-state index contributed by atoms with van der Waals surface area (Å²) in [6.07, 6.45) is 2.07. The molecule has 1 unspecified atom stereocenters. The van der Waals surface area contributed by atoms with Gasteiger partial charge in [-0.2, -0.15) is 0 Å². The topological polar surface area (TPSA) is 87.5 Å². The van der Waals surface area contributed by atoms with E-state index >= 15 is 0 Å².